The Hall–Kier alpha value is -0.320. The van der Waals surface area contributed by atoms with E-state index in [0.717, 1.165) is 5.56 Å². The van der Waals surface area contributed by atoms with Gasteiger partial charge in [-0.25, -0.2) is 0 Å². The van der Waals surface area contributed by atoms with E-state index in [2.05, 4.69) is 5.43 Å². The van der Waals surface area contributed by atoms with E-state index in [0.29, 0.717) is 29.7 Å². The maximum absolute atomic E-state index is 6.07. The van der Waals surface area contributed by atoms with Crippen LogP contribution in [0, 0.1) is 0 Å². The molecule has 0 aromatic heterocycles. The lowest BCUT2D eigenvalue weighted by atomic mass is 10.1. The molecular weight excluding hydrogens is 247 g/mol. The molecule has 1 aromatic rings. The van der Waals surface area contributed by atoms with Gasteiger partial charge >= 0.3 is 0 Å². The highest BCUT2D eigenvalue weighted by Gasteiger charge is 2.10. The van der Waals surface area contributed by atoms with Crippen molar-refractivity contribution in [3.05, 3.63) is 33.8 Å². The molecule has 0 fully saturated rings. The zero-order valence-electron chi connectivity index (χ0n) is 9.17. The van der Waals surface area contributed by atoms with Gasteiger partial charge in [0.25, 0.3) is 0 Å². The van der Waals surface area contributed by atoms with Crippen LogP contribution in [-0.4, -0.2) is 19.3 Å². The molecule has 0 bridgehead atoms. The largest absolute Gasteiger partial charge is 0.380 e. The van der Waals surface area contributed by atoms with Gasteiger partial charge in [-0.1, -0.05) is 29.3 Å². The lowest BCUT2D eigenvalue weighted by molar-refractivity contribution is 0.123. The van der Waals surface area contributed by atoms with Crippen LogP contribution in [0.2, 0.25) is 10.0 Å². The number of hydrogen-bond acceptors (Lipinski definition) is 3. The monoisotopic (exact) mass is 262 g/mol. The third-order valence-electron chi connectivity index (χ3n) is 2.24. The van der Waals surface area contributed by atoms with Gasteiger partial charge in [-0.3, -0.25) is 11.3 Å². The standard InChI is InChI=1S/C11H16Cl2N2O/c1-2-16-7-10(15-14)5-8-3-4-9(12)6-11(8)13/h3-4,6,10,15H,2,5,7,14H2,1H3. The summed E-state index contributed by atoms with van der Waals surface area (Å²) in [4.78, 5) is 0. The fourth-order valence-corrected chi connectivity index (χ4v) is 1.86. The van der Waals surface area contributed by atoms with Crippen LogP contribution < -0.4 is 11.3 Å². The first-order chi connectivity index (χ1) is 7.67. The molecule has 0 saturated carbocycles. The maximum Gasteiger partial charge on any atom is 0.0636 e. The predicted molar refractivity (Wildman–Crippen MR) is 67.8 cm³/mol. The van der Waals surface area contributed by atoms with E-state index in [1.807, 2.05) is 19.1 Å². The molecular formula is C11H16Cl2N2O. The highest BCUT2D eigenvalue weighted by Crippen LogP contribution is 2.22. The number of nitrogens with one attached hydrogen (secondary N) is 1. The Morgan fingerprint density at radius 3 is 2.75 bits per heavy atom. The molecule has 3 N–H and O–H groups in total. The molecule has 0 saturated heterocycles. The summed E-state index contributed by atoms with van der Waals surface area (Å²) in [5, 5.41) is 1.29. The minimum atomic E-state index is 0.0543. The number of hydrazine groups is 1. The molecule has 0 spiro atoms. The Balaban J connectivity index is 2.62. The number of nitrogens with two attached hydrogens (primary N) is 1. The molecule has 16 heavy (non-hydrogen) atoms. The number of ether oxygens (including phenoxy) is 1. The lowest BCUT2D eigenvalue weighted by Crippen LogP contribution is -2.40. The highest BCUT2D eigenvalue weighted by atomic mass is 35.5. The molecule has 0 radical (unpaired) electrons. The Morgan fingerprint density at radius 1 is 1.44 bits per heavy atom. The molecule has 0 aliphatic heterocycles. The van der Waals surface area contributed by atoms with Crippen LogP contribution in [0.15, 0.2) is 18.2 Å². The van der Waals surface area contributed by atoms with E-state index in [-0.39, 0.29) is 6.04 Å². The zero-order valence-corrected chi connectivity index (χ0v) is 10.7. The van der Waals surface area contributed by atoms with E-state index in [9.17, 15) is 0 Å². The molecule has 0 aliphatic rings. The first-order valence-corrected chi connectivity index (χ1v) is 5.90. The van der Waals surface area contributed by atoms with E-state index in [1.165, 1.54) is 0 Å². The molecule has 1 atom stereocenters. The second-order valence-electron chi connectivity index (χ2n) is 3.46. The molecule has 0 heterocycles. The average molecular weight is 263 g/mol. The maximum atomic E-state index is 6.07. The summed E-state index contributed by atoms with van der Waals surface area (Å²) in [5.41, 5.74) is 3.72. The minimum absolute atomic E-state index is 0.0543. The van der Waals surface area contributed by atoms with Gasteiger partial charge in [0, 0.05) is 22.7 Å². The van der Waals surface area contributed by atoms with Crippen molar-refractivity contribution in [1.29, 1.82) is 0 Å². The fraction of sp³-hybridized carbons (Fsp3) is 0.455. The van der Waals surface area contributed by atoms with Crippen molar-refractivity contribution >= 4 is 23.2 Å². The Bertz CT molecular complexity index is 334. The second kappa shape index (κ2) is 7.09. The summed E-state index contributed by atoms with van der Waals surface area (Å²) in [6, 6.07) is 5.50. The van der Waals surface area contributed by atoms with Gasteiger partial charge in [-0.2, -0.15) is 0 Å². The summed E-state index contributed by atoms with van der Waals surface area (Å²) in [6.07, 6.45) is 0.715. The minimum Gasteiger partial charge on any atom is -0.380 e. The predicted octanol–water partition coefficient (Wildman–Crippen LogP) is 2.40. The Morgan fingerprint density at radius 2 is 2.19 bits per heavy atom. The Labute approximate surface area is 106 Å². The molecule has 0 aliphatic carbocycles. The summed E-state index contributed by atoms with van der Waals surface area (Å²) < 4.78 is 5.31. The molecule has 90 valence electrons. The smallest absolute Gasteiger partial charge is 0.0636 e. The molecule has 0 amide bonds. The molecule has 1 aromatic carbocycles. The van der Waals surface area contributed by atoms with Gasteiger partial charge < -0.3 is 4.74 Å². The van der Waals surface area contributed by atoms with E-state index in [4.69, 9.17) is 33.8 Å². The van der Waals surface area contributed by atoms with Crippen molar-refractivity contribution < 1.29 is 4.74 Å². The molecule has 3 nitrogen and oxygen atoms in total. The summed E-state index contributed by atoms with van der Waals surface area (Å²) >= 11 is 11.9. The summed E-state index contributed by atoms with van der Waals surface area (Å²) in [7, 11) is 0. The normalized spacial score (nSPS) is 12.8. The van der Waals surface area contributed by atoms with Gasteiger partial charge in [0.1, 0.15) is 0 Å². The van der Waals surface area contributed by atoms with Crippen LogP contribution >= 0.6 is 23.2 Å². The van der Waals surface area contributed by atoms with Crippen LogP contribution in [0.1, 0.15) is 12.5 Å². The van der Waals surface area contributed by atoms with Crippen molar-refractivity contribution in [2.75, 3.05) is 13.2 Å². The van der Waals surface area contributed by atoms with E-state index in [1.54, 1.807) is 6.07 Å². The van der Waals surface area contributed by atoms with Crippen molar-refractivity contribution in [1.82, 2.24) is 5.43 Å². The average Bonchev–Trinajstić information content (AvgIpc) is 2.27. The quantitative estimate of drug-likeness (QED) is 0.612. The van der Waals surface area contributed by atoms with E-state index < -0.39 is 0 Å². The summed E-state index contributed by atoms with van der Waals surface area (Å²) in [6.45, 7) is 3.18. The van der Waals surface area contributed by atoms with E-state index >= 15 is 0 Å². The first-order valence-electron chi connectivity index (χ1n) is 5.15. The van der Waals surface area contributed by atoms with Crippen LogP contribution in [0.4, 0.5) is 0 Å². The SMILES string of the molecule is CCOCC(Cc1ccc(Cl)cc1Cl)NN. The van der Waals surface area contributed by atoms with Crippen LogP contribution in [0.5, 0.6) is 0 Å². The van der Waals surface area contributed by atoms with Gasteiger partial charge in [-0.15, -0.1) is 0 Å². The number of halogens is 2. The van der Waals surface area contributed by atoms with Crippen molar-refractivity contribution in [2.24, 2.45) is 5.84 Å². The van der Waals surface area contributed by atoms with Crippen LogP contribution in [0.3, 0.4) is 0 Å². The third-order valence-corrected chi connectivity index (χ3v) is 2.83. The van der Waals surface area contributed by atoms with Crippen LogP contribution in [-0.2, 0) is 11.2 Å². The van der Waals surface area contributed by atoms with Gasteiger partial charge in [-0.05, 0) is 31.0 Å². The fourth-order valence-electron chi connectivity index (χ4n) is 1.38. The van der Waals surface area contributed by atoms with Crippen LogP contribution in [0.25, 0.3) is 0 Å². The highest BCUT2D eigenvalue weighted by molar-refractivity contribution is 6.35. The van der Waals surface area contributed by atoms with Crippen molar-refractivity contribution in [3.8, 4) is 0 Å². The lowest BCUT2D eigenvalue weighted by Gasteiger charge is -2.16. The number of rotatable bonds is 6. The second-order valence-corrected chi connectivity index (χ2v) is 4.31. The Kier molecular flexibility index (Phi) is 6.09. The van der Waals surface area contributed by atoms with Gasteiger partial charge in [0.15, 0.2) is 0 Å². The van der Waals surface area contributed by atoms with Crippen molar-refractivity contribution in [3.63, 3.8) is 0 Å². The molecule has 5 heteroatoms. The molecule has 1 rings (SSSR count). The number of benzene rings is 1. The van der Waals surface area contributed by atoms with Crippen molar-refractivity contribution in [2.45, 2.75) is 19.4 Å². The first kappa shape index (κ1) is 13.7. The molecule has 1 unspecified atom stereocenters. The zero-order chi connectivity index (χ0) is 12.0. The topological polar surface area (TPSA) is 47.3 Å². The third kappa shape index (κ3) is 4.28. The number of hydrogen-bond donors (Lipinski definition) is 2. The summed E-state index contributed by atoms with van der Waals surface area (Å²) in [5.74, 6) is 5.44. The van der Waals surface area contributed by atoms with Gasteiger partial charge in [0.05, 0.1) is 6.61 Å². The van der Waals surface area contributed by atoms with Gasteiger partial charge in [0.2, 0.25) is 0 Å².